The van der Waals surface area contributed by atoms with Crippen LogP contribution in [0.3, 0.4) is 0 Å². The van der Waals surface area contributed by atoms with Gasteiger partial charge in [0.05, 0.1) is 15.7 Å². The molecule has 21 heavy (non-hydrogen) atoms. The zero-order valence-corrected chi connectivity index (χ0v) is 13.1. The van der Waals surface area contributed by atoms with E-state index in [4.69, 9.17) is 5.73 Å². The van der Waals surface area contributed by atoms with Crippen LogP contribution in [0.4, 0.5) is 10.8 Å². The summed E-state index contributed by atoms with van der Waals surface area (Å²) in [5.41, 5.74) is 7.48. The molecule has 0 spiro atoms. The summed E-state index contributed by atoms with van der Waals surface area (Å²) >= 11 is 4.63. The zero-order chi connectivity index (χ0) is 14.8. The lowest BCUT2D eigenvalue weighted by molar-refractivity contribution is 0.102. The average Bonchev–Trinajstić information content (AvgIpc) is 3.08. The van der Waals surface area contributed by atoms with E-state index in [1.807, 2.05) is 12.1 Å². The van der Waals surface area contributed by atoms with Crippen LogP contribution in [0.5, 0.6) is 0 Å². The van der Waals surface area contributed by atoms with E-state index in [-0.39, 0.29) is 5.91 Å². The number of anilines is 2. The largest absolute Gasteiger partial charge is 0.399 e. The summed E-state index contributed by atoms with van der Waals surface area (Å²) < 4.78 is 2.45. The van der Waals surface area contributed by atoms with E-state index in [0.717, 1.165) is 9.47 Å². The number of rotatable bonds is 3. The Morgan fingerprint density at radius 2 is 2.24 bits per heavy atom. The minimum atomic E-state index is -0.306. The summed E-state index contributed by atoms with van der Waals surface area (Å²) in [6.07, 6.45) is 3.34. The number of thiazole rings is 1. The summed E-state index contributed by atoms with van der Waals surface area (Å²) in [5.74, 6) is -0.306. The second-order valence-electron chi connectivity index (χ2n) is 4.16. The number of nitrogen functional groups attached to an aromatic ring is 1. The molecule has 0 atom stereocenters. The molecule has 0 fully saturated rings. The molecule has 3 rings (SSSR count). The minimum absolute atomic E-state index is 0.306. The molecule has 2 aromatic heterocycles. The van der Waals surface area contributed by atoms with Crippen LogP contribution in [-0.2, 0) is 0 Å². The number of carbonyl (C=O) groups is 1. The highest BCUT2D eigenvalue weighted by Gasteiger charge is 2.12. The first kappa shape index (κ1) is 13.8. The van der Waals surface area contributed by atoms with E-state index in [1.165, 1.54) is 11.3 Å². The van der Waals surface area contributed by atoms with Crippen molar-refractivity contribution in [2.45, 2.75) is 0 Å². The zero-order valence-electron chi connectivity index (χ0n) is 10.7. The summed E-state index contributed by atoms with van der Waals surface area (Å²) in [6.45, 7) is 0. The Hall–Kier alpha value is -2.19. The van der Waals surface area contributed by atoms with Gasteiger partial charge in [0.2, 0.25) is 0 Å². The van der Waals surface area contributed by atoms with Gasteiger partial charge in [-0.2, -0.15) is 5.10 Å². The predicted molar refractivity (Wildman–Crippen MR) is 85.7 cm³/mol. The normalized spacial score (nSPS) is 10.5. The minimum Gasteiger partial charge on any atom is -0.399 e. The number of halogens is 1. The molecule has 3 aromatic rings. The highest BCUT2D eigenvalue weighted by Crippen LogP contribution is 2.23. The number of hydrogen-bond donors (Lipinski definition) is 2. The third-order valence-corrected chi connectivity index (χ3v) is 4.05. The molecule has 106 valence electrons. The molecule has 2 heterocycles. The van der Waals surface area contributed by atoms with E-state index < -0.39 is 0 Å². The van der Waals surface area contributed by atoms with Gasteiger partial charge in [0.25, 0.3) is 5.91 Å². The first-order chi connectivity index (χ1) is 10.1. The highest BCUT2D eigenvalue weighted by molar-refractivity contribution is 9.11. The average molecular weight is 364 g/mol. The summed E-state index contributed by atoms with van der Waals surface area (Å²) in [7, 11) is 0. The van der Waals surface area contributed by atoms with Crippen LogP contribution in [0.25, 0.3) is 5.69 Å². The maximum atomic E-state index is 12.1. The van der Waals surface area contributed by atoms with E-state index in [0.29, 0.717) is 16.5 Å². The Balaban J connectivity index is 1.80. The molecule has 0 saturated carbocycles. The molecule has 0 aliphatic carbocycles. The van der Waals surface area contributed by atoms with Crippen LogP contribution in [0.2, 0.25) is 0 Å². The molecule has 0 radical (unpaired) electrons. The van der Waals surface area contributed by atoms with Crippen molar-refractivity contribution in [1.82, 2.24) is 14.8 Å². The molecule has 0 aliphatic heterocycles. The Bertz CT molecular complexity index is 797. The highest BCUT2D eigenvalue weighted by atomic mass is 79.9. The molecule has 0 unspecified atom stereocenters. The van der Waals surface area contributed by atoms with Crippen molar-refractivity contribution < 1.29 is 4.79 Å². The van der Waals surface area contributed by atoms with Crippen molar-refractivity contribution in [3.05, 3.63) is 52.2 Å². The maximum Gasteiger partial charge on any atom is 0.277 e. The Morgan fingerprint density at radius 1 is 1.38 bits per heavy atom. The lowest BCUT2D eigenvalue weighted by Crippen LogP contribution is -2.12. The quantitative estimate of drug-likeness (QED) is 0.700. The van der Waals surface area contributed by atoms with Gasteiger partial charge in [-0.15, -0.1) is 0 Å². The second-order valence-corrected chi connectivity index (χ2v) is 6.57. The van der Waals surface area contributed by atoms with Crippen LogP contribution in [0.15, 0.2) is 46.5 Å². The third kappa shape index (κ3) is 3.11. The monoisotopic (exact) mass is 363 g/mol. The number of hydrogen-bond acceptors (Lipinski definition) is 5. The van der Waals surface area contributed by atoms with Crippen LogP contribution < -0.4 is 11.1 Å². The lowest BCUT2D eigenvalue weighted by Gasteiger charge is -2.02. The van der Waals surface area contributed by atoms with Gasteiger partial charge in [-0.1, -0.05) is 17.4 Å². The smallest absolute Gasteiger partial charge is 0.277 e. The van der Waals surface area contributed by atoms with Crippen LogP contribution in [0, 0.1) is 0 Å². The molecule has 0 saturated heterocycles. The van der Waals surface area contributed by atoms with Crippen LogP contribution in [-0.4, -0.2) is 20.7 Å². The molecule has 1 amide bonds. The molecular formula is C13H10BrN5OS. The summed E-state index contributed by atoms with van der Waals surface area (Å²) in [4.78, 5) is 16.1. The van der Waals surface area contributed by atoms with E-state index in [1.54, 1.807) is 35.3 Å². The number of carbonyl (C=O) groups excluding carboxylic acids is 1. The molecule has 3 N–H and O–H groups in total. The fraction of sp³-hybridized carbons (Fsp3) is 0. The van der Waals surface area contributed by atoms with E-state index in [2.05, 4.69) is 31.3 Å². The van der Waals surface area contributed by atoms with Gasteiger partial charge in [0, 0.05) is 11.9 Å². The van der Waals surface area contributed by atoms with Crippen molar-refractivity contribution in [1.29, 1.82) is 0 Å². The van der Waals surface area contributed by atoms with Gasteiger partial charge in [0.15, 0.2) is 10.8 Å². The standard InChI is InChI=1S/C13H10BrN5OS/c14-11-7-16-13(21-11)17-12(20)10-4-5-19(18-10)9-3-1-2-8(15)6-9/h1-7H,15H2,(H,16,17,20). The van der Waals surface area contributed by atoms with Gasteiger partial charge in [-0.25, -0.2) is 9.67 Å². The van der Waals surface area contributed by atoms with Crippen LogP contribution >= 0.6 is 27.3 Å². The number of amides is 1. The van der Waals surface area contributed by atoms with Gasteiger partial charge in [0.1, 0.15) is 0 Å². The summed E-state index contributed by atoms with van der Waals surface area (Å²) in [6, 6.07) is 8.91. The Morgan fingerprint density at radius 3 is 2.95 bits per heavy atom. The SMILES string of the molecule is Nc1cccc(-n2ccc(C(=O)Nc3ncc(Br)s3)n2)c1. The number of aromatic nitrogens is 3. The number of nitrogens with one attached hydrogen (secondary N) is 1. The fourth-order valence-corrected chi connectivity index (χ4v) is 2.83. The summed E-state index contributed by atoms with van der Waals surface area (Å²) in [5, 5.41) is 7.45. The molecule has 6 nitrogen and oxygen atoms in total. The number of nitrogens with zero attached hydrogens (tertiary/aromatic N) is 3. The van der Waals surface area contributed by atoms with E-state index in [9.17, 15) is 4.79 Å². The van der Waals surface area contributed by atoms with E-state index >= 15 is 0 Å². The molecule has 0 aliphatic rings. The molecule has 0 bridgehead atoms. The van der Waals surface area contributed by atoms with Gasteiger partial charge in [-0.3, -0.25) is 10.1 Å². The van der Waals surface area contributed by atoms with Crippen molar-refractivity contribution in [3.8, 4) is 5.69 Å². The van der Waals surface area contributed by atoms with Gasteiger partial charge >= 0.3 is 0 Å². The number of nitrogens with two attached hydrogens (primary N) is 1. The van der Waals surface area contributed by atoms with Gasteiger partial charge < -0.3 is 5.73 Å². The van der Waals surface area contributed by atoms with Crippen molar-refractivity contribution in [2.75, 3.05) is 11.1 Å². The van der Waals surface area contributed by atoms with Crippen LogP contribution in [0.1, 0.15) is 10.5 Å². The van der Waals surface area contributed by atoms with Gasteiger partial charge in [-0.05, 0) is 40.2 Å². The molecule has 1 aromatic carbocycles. The maximum absolute atomic E-state index is 12.1. The fourth-order valence-electron chi connectivity index (χ4n) is 1.73. The predicted octanol–water partition coefficient (Wildman–Crippen LogP) is 2.93. The number of benzene rings is 1. The van der Waals surface area contributed by atoms with Crippen molar-refractivity contribution in [2.24, 2.45) is 0 Å². The first-order valence-corrected chi connectivity index (χ1v) is 7.57. The Labute approximate surface area is 132 Å². The third-order valence-electron chi connectivity index (χ3n) is 2.65. The van der Waals surface area contributed by atoms with Crippen molar-refractivity contribution >= 4 is 44.0 Å². The first-order valence-electron chi connectivity index (χ1n) is 5.96. The lowest BCUT2D eigenvalue weighted by atomic mass is 10.3. The second kappa shape index (κ2) is 5.66. The molecular weight excluding hydrogens is 354 g/mol. The molecule has 8 heteroatoms. The topological polar surface area (TPSA) is 85.8 Å². The Kier molecular flexibility index (Phi) is 3.72. The van der Waals surface area contributed by atoms with Crippen molar-refractivity contribution in [3.63, 3.8) is 0 Å².